The number of rotatable bonds is 9. The van der Waals surface area contributed by atoms with Crippen LogP contribution >= 0.6 is 0 Å². The van der Waals surface area contributed by atoms with Crippen LogP contribution in [0.3, 0.4) is 0 Å². The van der Waals surface area contributed by atoms with Crippen molar-refractivity contribution in [1.29, 1.82) is 0 Å². The summed E-state index contributed by atoms with van der Waals surface area (Å²) in [6, 6.07) is 0. The number of alkyl carbamates (subject to hydrolysis) is 1. The molecule has 0 aromatic carbocycles. The van der Waals surface area contributed by atoms with Gasteiger partial charge in [-0.2, -0.15) is 0 Å². The van der Waals surface area contributed by atoms with Crippen molar-refractivity contribution in [2.24, 2.45) is 18.9 Å². The fourth-order valence-electron chi connectivity index (χ4n) is 3.65. The third-order valence-corrected chi connectivity index (χ3v) is 5.94. The summed E-state index contributed by atoms with van der Waals surface area (Å²) >= 11 is 0. The molecule has 1 aliphatic rings. The SMILES string of the molecule is CC[C@H](C)COC(=O)NCc1c(-c2cnc(O[C@H]3CCC[C@H](C(=O)O)C3)c(C)n2)nnn1C. The fourth-order valence-corrected chi connectivity index (χ4v) is 3.65. The Morgan fingerprint density at radius 3 is 2.85 bits per heavy atom. The molecule has 3 rings (SSSR count). The maximum absolute atomic E-state index is 12.0. The van der Waals surface area contributed by atoms with Crippen LogP contribution in [0.5, 0.6) is 5.88 Å². The molecule has 1 saturated carbocycles. The van der Waals surface area contributed by atoms with Gasteiger partial charge in [-0.3, -0.25) is 4.79 Å². The van der Waals surface area contributed by atoms with Gasteiger partial charge in [0.05, 0.1) is 31.0 Å². The number of nitrogens with zero attached hydrogens (tertiary/aromatic N) is 5. The number of aliphatic carboxylic acids is 1. The molecule has 0 spiro atoms. The number of carbonyl (C=O) groups is 2. The zero-order chi connectivity index (χ0) is 24.0. The molecule has 1 amide bonds. The van der Waals surface area contributed by atoms with Gasteiger partial charge in [0.2, 0.25) is 5.88 Å². The van der Waals surface area contributed by atoms with Gasteiger partial charge in [-0.1, -0.05) is 25.5 Å². The van der Waals surface area contributed by atoms with E-state index in [-0.39, 0.29) is 18.6 Å². The van der Waals surface area contributed by atoms with Gasteiger partial charge in [0.1, 0.15) is 23.2 Å². The van der Waals surface area contributed by atoms with E-state index in [4.69, 9.17) is 9.47 Å². The first-order valence-electron chi connectivity index (χ1n) is 11.3. The molecule has 2 N–H and O–H groups in total. The largest absolute Gasteiger partial charge is 0.481 e. The number of amides is 1. The third-order valence-electron chi connectivity index (χ3n) is 5.94. The highest BCUT2D eigenvalue weighted by atomic mass is 16.5. The Hall–Kier alpha value is -3.24. The van der Waals surface area contributed by atoms with E-state index in [1.165, 1.54) is 0 Å². The van der Waals surface area contributed by atoms with Crippen LogP contribution in [0.2, 0.25) is 0 Å². The van der Waals surface area contributed by atoms with Gasteiger partial charge in [0.15, 0.2) is 0 Å². The van der Waals surface area contributed by atoms with Crippen molar-refractivity contribution in [2.45, 2.75) is 65.5 Å². The zero-order valence-electron chi connectivity index (χ0n) is 19.6. The molecule has 180 valence electrons. The van der Waals surface area contributed by atoms with E-state index < -0.39 is 12.1 Å². The summed E-state index contributed by atoms with van der Waals surface area (Å²) < 4.78 is 12.8. The fraction of sp³-hybridized carbons (Fsp3) is 0.636. The number of ether oxygens (including phenoxy) is 2. The Morgan fingerprint density at radius 1 is 1.36 bits per heavy atom. The molecule has 33 heavy (non-hydrogen) atoms. The van der Waals surface area contributed by atoms with Crippen LogP contribution in [0.15, 0.2) is 6.20 Å². The molecule has 11 nitrogen and oxygen atoms in total. The summed E-state index contributed by atoms with van der Waals surface area (Å²) in [4.78, 5) is 32.3. The predicted molar refractivity (Wildman–Crippen MR) is 118 cm³/mol. The summed E-state index contributed by atoms with van der Waals surface area (Å²) in [5.41, 5.74) is 2.24. The number of carbonyl (C=O) groups excluding carboxylic acids is 1. The lowest BCUT2D eigenvalue weighted by Gasteiger charge is -2.27. The van der Waals surface area contributed by atoms with Gasteiger partial charge in [0.25, 0.3) is 0 Å². The van der Waals surface area contributed by atoms with Crippen molar-refractivity contribution in [1.82, 2.24) is 30.3 Å². The molecular weight excluding hydrogens is 428 g/mol. The molecule has 0 radical (unpaired) electrons. The van der Waals surface area contributed by atoms with Crippen LogP contribution < -0.4 is 10.1 Å². The van der Waals surface area contributed by atoms with Crippen molar-refractivity contribution in [3.8, 4) is 17.3 Å². The van der Waals surface area contributed by atoms with Crippen LogP contribution in [0, 0.1) is 18.8 Å². The van der Waals surface area contributed by atoms with E-state index in [0.29, 0.717) is 54.0 Å². The van der Waals surface area contributed by atoms with E-state index >= 15 is 0 Å². The summed E-state index contributed by atoms with van der Waals surface area (Å²) in [6.45, 7) is 6.38. The summed E-state index contributed by atoms with van der Waals surface area (Å²) in [6.07, 6.45) is 4.52. The van der Waals surface area contributed by atoms with Gasteiger partial charge in [-0.05, 0) is 38.5 Å². The smallest absolute Gasteiger partial charge is 0.407 e. The molecule has 0 aliphatic heterocycles. The molecule has 2 aromatic heterocycles. The Morgan fingerprint density at radius 2 is 2.15 bits per heavy atom. The molecule has 0 saturated heterocycles. The quantitative estimate of drug-likeness (QED) is 0.577. The summed E-state index contributed by atoms with van der Waals surface area (Å²) in [7, 11) is 1.73. The lowest BCUT2D eigenvalue weighted by molar-refractivity contribution is -0.143. The van der Waals surface area contributed by atoms with E-state index in [1.807, 2.05) is 13.8 Å². The van der Waals surface area contributed by atoms with E-state index in [0.717, 1.165) is 19.3 Å². The number of aromatic nitrogens is 5. The zero-order valence-corrected chi connectivity index (χ0v) is 19.6. The van der Waals surface area contributed by atoms with Crippen molar-refractivity contribution < 1.29 is 24.2 Å². The highest BCUT2D eigenvalue weighted by molar-refractivity contribution is 5.70. The Labute approximate surface area is 192 Å². The van der Waals surface area contributed by atoms with E-state index in [1.54, 1.807) is 24.9 Å². The number of nitrogens with one attached hydrogen (secondary N) is 1. The number of aryl methyl sites for hydroxylation is 2. The highest BCUT2D eigenvalue weighted by Gasteiger charge is 2.29. The van der Waals surface area contributed by atoms with Crippen LogP contribution in [0.1, 0.15) is 57.3 Å². The summed E-state index contributed by atoms with van der Waals surface area (Å²) in [5.74, 6) is -0.490. The lowest BCUT2D eigenvalue weighted by atomic mass is 9.87. The Bertz CT molecular complexity index is 978. The maximum atomic E-state index is 12.0. The van der Waals surface area contributed by atoms with Crippen LogP contribution in [0.25, 0.3) is 11.4 Å². The predicted octanol–water partition coefficient (Wildman–Crippen LogP) is 2.88. The van der Waals surface area contributed by atoms with Gasteiger partial charge >= 0.3 is 12.1 Å². The van der Waals surface area contributed by atoms with Crippen molar-refractivity contribution in [2.75, 3.05) is 6.61 Å². The standard InChI is InChI=1S/C22H32N6O5/c1-5-13(2)12-32-22(31)24-11-18-19(26-27-28(18)4)17-10-23-20(14(3)25-17)33-16-8-6-7-15(9-16)21(29)30/h10,13,15-16H,5-9,11-12H2,1-4H3,(H,24,31)(H,29,30)/t13-,15-,16-/m0/s1. The van der Waals surface area contributed by atoms with Gasteiger partial charge < -0.3 is 19.9 Å². The number of carboxylic acids is 1. The molecule has 2 heterocycles. The molecule has 0 unspecified atom stereocenters. The van der Waals surface area contributed by atoms with E-state index in [2.05, 4.69) is 25.6 Å². The maximum Gasteiger partial charge on any atom is 0.407 e. The Kier molecular flexibility index (Phi) is 8.18. The molecule has 1 fully saturated rings. The second kappa shape index (κ2) is 11.1. The van der Waals surface area contributed by atoms with Gasteiger partial charge in [-0.25, -0.2) is 19.4 Å². The minimum atomic E-state index is -0.783. The van der Waals surface area contributed by atoms with Crippen molar-refractivity contribution >= 4 is 12.1 Å². The molecule has 3 atom stereocenters. The van der Waals surface area contributed by atoms with Crippen molar-refractivity contribution in [3.63, 3.8) is 0 Å². The third kappa shape index (κ3) is 6.39. The topological polar surface area (TPSA) is 141 Å². The number of carboxylic acid groups (broad SMARTS) is 1. The normalized spacial score (nSPS) is 19.0. The first-order valence-corrected chi connectivity index (χ1v) is 11.3. The second-order valence-corrected chi connectivity index (χ2v) is 8.56. The van der Waals surface area contributed by atoms with Crippen LogP contribution in [0.4, 0.5) is 4.79 Å². The van der Waals surface area contributed by atoms with Gasteiger partial charge in [0, 0.05) is 7.05 Å². The first kappa shape index (κ1) is 24.4. The minimum Gasteiger partial charge on any atom is -0.481 e. The number of hydrogen-bond acceptors (Lipinski definition) is 8. The average Bonchev–Trinajstić information content (AvgIpc) is 3.17. The average molecular weight is 461 g/mol. The second-order valence-electron chi connectivity index (χ2n) is 8.56. The van der Waals surface area contributed by atoms with Crippen LogP contribution in [-0.2, 0) is 23.1 Å². The van der Waals surface area contributed by atoms with Crippen molar-refractivity contribution in [3.05, 3.63) is 17.6 Å². The first-order chi connectivity index (χ1) is 15.8. The number of hydrogen-bond donors (Lipinski definition) is 2. The van der Waals surface area contributed by atoms with E-state index in [9.17, 15) is 14.7 Å². The Balaban J connectivity index is 1.66. The molecule has 2 aromatic rings. The van der Waals surface area contributed by atoms with Crippen LogP contribution in [-0.4, -0.2) is 54.8 Å². The molecule has 11 heteroatoms. The molecule has 1 aliphatic carbocycles. The monoisotopic (exact) mass is 460 g/mol. The minimum absolute atomic E-state index is 0.176. The van der Waals surface area contributed by atoms with Gasteiger partial charge in [-0.15, -0.1) is 5.10 Å². The molecular formula is C22H32N6O5. The lowest BCUT2D eigenvalue weighted by Crippen LogP contribution is -2.30. The highest BCUT2D eigenvalue weighted by Crippen LogP contribution is 2.29. The summed E-state index contributed by atoms with van der Waals surface area (Å²) in [5, 5.41) is 20.2. The molecule has 0 bridgehead atoms.